The highest BCUT2D eigenvalue weighted by Gasteiger charge is 2.09. The molecule has 0 atom stereocenters. The second kappa shape index (κ2) is 5.88. The highest BCUT2D eigenvalue weighted by atomic mass is 16.4. The van der Waals surface area contributed by atoms with Gasteiger partial charge in [-0.25, -0.2) is 9.78 Å². The number of amides is 1. The van der Waals surface area contributed by atoms with Crippen molar-refractivity contribution in [3.8, 4) is 11.5 Å². The van der Waals surface area contributed by atoms with Crippen molar-refractivity contribution in [2.75, 3.05) is 5.32 Å². The summed E-state index contributed by atoms with van der Waals surface area (Å²) in [5, 5.41) is 3.16. The van der Waals surface area contributed by atoms with E-state index in [1.807, 2.05) is 6.07 Å². The minimum Gasteiger partial charge on any atom is -0.403 e. The molecule has 1 aromatic heterocycles. The second-order valence-corrected chi connectivity index (χ2v) is 5.14. The van der Waals surface area contributed by atoms with Gasteiger partial charge >= 0.3 is 5.63 Å². The number of nitrogens with zero attached hydrogens (tertiary/aromatic N) is 1. The van der Waals surface area contributed by atoms with Gasteiger partial charge in [-0.1, -0.05) is 18.7 Å². The van der Waals surface area contributed by atoms with Crippen molar-refractivity contribution in [3.05, 3.63) is 71.1 Å². The number of benzene rings is 2. The second-order valence-electron chi connectivity index (χ2n) is 5.14. The normalized spacial score (nSPS) is 10.5. The molecule has 23 heavy (non-hydrogen) atoms. The van der Waals surface area contributed by atoms with E-state index in [1.165, 1.54) is 0 Å². The number of anilines is 1. The molecule has 0 fully saturated rings. The first kappa shape index (κ1) is 14.7. The van der Waals surface area contributed by atoms with Crippen molar-refractivity contribution in [2.24, 2.45) is 0 Å². The number of aromatic nitrogens is 1. The topological polar surface area (TPSA) is 72.2 Å². The van der Waals surface area contributed by atoms with Gasteiger partial charge in [0, 0.05) is 16.8 Å². The quantitative estimate of drug-likeness (QED) is 0.753. The van der Waals surface area contributed by atoms with E-state index in [1.54, 1.807) is 49.4 Å². The average Bonchev–Trinajstić information content (AvgIpc) is 2.55. The predicted molar refractivity (Wildman–Crippen MR) is 89.2 cm³/mol. The maximum absolute atomic E-state index is 12.0. The average molecular weight is 306 g/mol. The molecule has 2 aromatic carbocycles. The number of rotatable bonds is 3. The van der Waals surface area contributed by atoms with Crippen LogP contribution in [0.4, 0.5) is 5.69 Å². The van der Waals surface area contributed by atoms with Gasteiger partial charge in [-0.2, -0.15) is 0 Å². The first-order valence-corrected chi connectivity index (χ1v) is 7.02. The fourth-order valence-corrected chi connectivity index (χ4v) is 2.08. The van der Waals surface area contributed by atoms with Gasteiger partial charge in [-0.05, 0) is 43.3 Å². The smallest absolute Gasteiger partial charge is 0.347 e. The Morgan fingerprint density at radius 2 is 1.83 bits per heavy atom. The summed E-state index contributed by atoms with van der Waals surface area (Å²) in [5.41, 5.74) is 1.87. The van der Waals surface area contributed by atoms with Crippen LogP contribution in [0.5, 0.6) is 0 Å². The Kier molecular flexibility index (Phi) is 3.76. The summed E-state index contributed by atoms with van der Waals surface area (Å²) >= 11 is 0. The standard InChI is InChI=1S/C18H14N2O3/c1-11(2)16(21)19-13-9-7-12(8-10-13)17-20-15-6-4-3-5-14(15)18(22)23-17/h3-10H,1H2,2H3,(H,19,21). The minimum atomic E-state index is -0.426. The van der Waals surface area contributed by atoms with Crippen molar-refractivity contribution in [1.82, 2.24) is 4.98 Å². The first-order chi connectivity index (χ1) is 11.0. The number of nitrogens with one attached hydrogen (secondary N) is 1. The SMILES string of the molecule is C=C(C)C(=O)Nc1ccc(-c2nc3ccccc3c(=O)o2)cc1. The molecule has 0 radical (unpaired) electrons. The van der Waals surface area contributed by atoms with E-state index < -0.39 is 5.63 Å². The van der Waals surface area contributed by atoms with E-state index in [-0.39, 0.29) is 11.8 Å². The number of para-hydroxylation sites is 1. The molecule has 0 aliphatic rings. The summed E-state index contributed by atoms with van der Waals surface area (Å²) in [6, 6.07) is 13.9. The van der Waals surface area contributed by atoms with Crippen LogP contribution in [0, 0.1) is 0 Å². The number of carbonyl (C=O) groups excluding carboxylic acids is 1. The number of hydrogen-bond donors (Lipinski definition) is 1. The lowest BCUT2D eigenvalue weighted by atomic mass is 10.2. The Morgan fingerprint density at radius 3 is 2.52 bits per heavy atom. The maximum atomic E-state index is 12.0. The van der Waals surface area contributed by atoms with E-state index in [0.29, 0.717) is 27.7 Å². The lowest BCUT2D eigenvalue weighted by molar-refractivity contribution is -0.112. The van der Waals surface area contributed by atoms with Crippen LogP contribution in [0.1, 0.15) is 6.92 Å². The molecule has 1 heterocycles. The summed E-state index contributed by atoms with van der Waals surface area (Å²) < 4.78 is 5.27. The molecule has 0 unspecified atom stereocenters. The third-order valence-electron chi connectivity index (χ3n) is 3.31. The van der Waals surface area contributed by atoms with Gasteiger partial charge in [0.25, 0.3) is 5.91 Å². The minimum absolute atomic E-state index is 0.242. The molecule has 0 aliphatic heterocycles. The van der Waals surface area contributed by atoms with Crippen LogP contribution in [0.2, 0.25) is 0 Å². The van der Waals surface area contributed by atoms with Crippen LogP contribution >= 0.6 is 0 Å². The van der Waals surface area contributed by atoms with E-state index in [0.717, 1.165) is 0 Å². The van der Waals surface area contributed by atoms with Crippen molar-refractivity contribution in [1.29, 1.82) is 0 Å². The zero-order valence-electron chi connectivity index (χ0n) is 12.5. The van der Waals surface area contributed by atoms with Gasteiger partial charge in [-0.3, -0.25) is 4.79 Å². The third kappa shape index (κ3) is 3.03. The molecule has 114 valence electrons. The van der Waals surface area contributed by atoms with Gasteiger partial charge < -0.3 is 9.73 Å². The Morgan fingerprint density at radius 1 is 1.13 bits per heavy atom. The van der Waals surface area contributed by atoms with Crippen molar-refractivity contribution < 1.29 is 9.21 Å². The van der Waals surface area contributed by atoms with Crippen molar-refractivity contribution in [3.63, 3.8) is 0 Å². The molecule has 5 nitrogen and oxygen atoms in total. The number of fused-ring (bicyclic) bond motifs is 1. The van der Waals surface area contributed by atoms with Crippen molar-refractivity contribution in [2.45, 2.75) is 6.92 Å². The van der Waals surface area contributed by atoms with Gasteiger partial charge in [0.1, 0.15) is 0 Å². The highest BCUT2D eigenvalue weighted by Crippen LogP contribution is 2.20. The molecular formula is C18H14N2O3. The molecule has 0 saturated heterocycles. The van der Waals surface area contributed by atoms with Crippen LogP contribution in [0.25, 0.3) is 22.4 Å². The molecule has 0 aliphatic carbocycles. The molecule has 5 heteroatoms. The van der Waals surface area contributed by atoms with Crippen LogP contribution in [-0.4, -0.2) is 10.9 Å². The van der Waals surface area contributed by atoms with E-state index in [2.05, 4.69) is 16.9 Å². The lowest BCUT2D eigenvalue weighted by Crippen LogP contribution is -2.11. The summed E-state index contributed by atoms with van der Waals surface area (Å²) in [5.74, 6) is -0.000380. The zero-order valence-corrected chi connectivity index (χ0v) is 12.5. The zero-order chi connectivity index (χ0) is 16.4. The molecular weight excluding hydrogens is 292 g/mol. The highest BCUT2D eigenvalue weighted by molar-refractivity contribution is 6.02. The molecule has 1 amide bonds. The van der Waals surface area contributed by atoms with Gasteiger partial charge in [0.05, 0.1) is 10.9 Å². The lowest BCUT2D eigenvalue weighted by Gasteiger charge is -2.06. The predicted octanol–water partition coefficient (Wildman–Crippen LogP) is 3.37. The maximum Gasteiger partial charge on any atom is 0.347 e. The van der Waals surface area contributed by atoms with Gasteiger partial charge in [0.2, 0.25) is 5.89 Å². The summed E-state index contributed by atoms with van der Waals surface area (Å²) in [7, 11) is 0. The Balaban J connectivity index is 1.95. The number of hydrogen-bond acceptors (Lipinski definition) is 4. The number of carbonyl (C=O) groups is 1. The Bertz CT molecular complexity index is 956. The van der Waals surface area contributed by atoms with E-state index in [9.17, 15) is 9.59 Å². The summed E-state index contributed by atoms with van der Waals surface area (Å²) in [4.78, 5) is 27.9. The van der Waals surface area contributed by atoms with Gasteiger partial charge in [-0.15, -0.1) is 0 Å². The van der Waals surface area contributed by atoms with Crippen LogP contribution in [0.3, 0.4) is 0 Å². The molecule has 1 N–H and O–H groups in total. The Hall–Kier alpha value is -3.21. The van der Waals surface area contributed by atoms with E-state index >= 15 is 0 Å². The molecule has 3 aromatic rings. The molecule has 0 spiro atoms. The largest absolute Gasteiger partial charge is 0.403 e. The Labute approximate surface area is 132 Å². The first-order valence-electron chi connectivity index (χ1n) is 7.02. The van der Waals surface area contributed by atoms with E-state index in [4.69, 9.17) is 4.42 Å². The van der Waals surface area contributed by atoms with Crippen LogP contribution in [0.15, 0.2) is 69.9 Å². The van der Waals surface area contributed by atoms with Gasteiger partial charge in [0.15, 0.2) is 0 Å². The fourth-order valence-electron chi connectivity index (χ4n) is 2.08. The molecule has 0 saturated carbocycles. The molecule has 3 rings (SSSR count). The fraction of sp³-hybridized carbons (Fsp3) is 0.0556. The van der Waals surface area contributed by atoms with Crippen LogP contribution < -0.4 is 10.9 Å². The van der Waals surface area contributed by atoms with Crippen LogP contribution in [-0.2, 0) is 4.79 Å². The summed E-state index contributed by atoms with van der Waals surface area (Å²) in [6.07, 6.45) is 0. The monoisotopic (exact) mass is 306 g/mol. The molecule has 0 bridgehead atoms. The van der Waals surface area contributed by atoms with Crippen molar-refractivity contribution >= 4 is 22.5 Å². The summed E-state index contributed by atoms with van der Waals surface area (Å²) in [6.45, 7) is 5.22. The third-order valence-corrected chi connectivity index (χ3v) is 3.31.